The fourth-order valence-corrected chi connectivity index (χ4v) is 3.99. The summed E-state index contributed by atoms with van der Waals surface area (Å²) in [5.74, 6) is -1.64. The average molecular weight is 527 g/mol. The van der Waals surface area contributed by atoms with Crippen LogP contribution in [0.3, 0.4) is 0 Å². The first-order chi connectivity index (χ1) is 16.3. The molecule has 0 aliphatic carbocycles. The van der Waals surface area contributed by atoms with Crippen LogP contribution in [-0.4, -0.2) is 37.5 Å². The molecule has 0 spiro atoms. The highest BCUT2D eigenvalue weighted by Crippen LogP contribution is 2.33. The largest absolute Gasteiger partial charge is 0.480 e. The van der Waals surface area contributed by atoms with E-state index in [0.29, 0.717) is 33.5 Å². The van der Waals surface area contributed by atoms with E-state index in [4.69, 9.17) is 4.74 Å². The minimum absolute atomic E-state index is 0.196. The Morgan fingerprint density at radius 3 is 2.50 bits per heavy atom. The summed E-state index contributed by atoms with van der Waals surface area (Å²) in [5.41, 5.74) is 2.40. The van der Waals surface area contributed by atoms with Crippen LogP contribution in [0.1, 0.15) is 23.6 Å². The smallest absolute Gasteiger partial charge is 0.343 e. The first-order valence-corrected chi connectivity index (χ1v) is 11.2. The van der Waals surface area contributed by atoms with Crippen molar-refractivity contribution < 1.29 is 28.7 Å². The van der Waals surface area contributed by atoms with Crippen LogP contribution in [0.15, 0.2) is 59.1 Å². The molecule has 9 heteroatoms. The third-order valence-corrected chi connectivity index (χ3v) is 5.67. The molecule has 0 atom stereocenters. The number of methoxy groups -OCH3 is 1. The van der Waals surface area contributed by atoms with Crippen LogP contribution in [0.2, 0.25) is 0 Å². The van der Waals surface area contributed by atoms with Crippen molar-refractivity contribution in [3.8, 4) is 5.75 Å². The van der Waals surface area contributed by atoms with Crippen molar-refractivity contribution in [1.29, 1.82) is 0 Å². The maximum absolute atomic E-state index is 13.2. The molecule has 3 rings (SSSR count). The number of esters is 1. The summed E-state index contributed by atoms with van der Waals surface area (Å²) in [5, 5.41) is 2.22. The van der Waals surface area contributed by atoms with E-state index in [1.807, 2.05) is 19.1 Å². The number of aryl methyl sites for hydroxylation is 1. The van der Waals surface area contributed by atoms with E-state index in [-0.39, 0.29) is 12.2 Å². The molecule has 0 bridgehead atoms. The predicted octanol–water partition coefficient (Wildman–Crippen LogP) is 3.96. The number of urea groups is 1. The molecule has 1 heterocycles. The van der Waals surface area contributed by atoms with Crippen LogP contribution < -0.4 is 15.0 Å². The summed E-state index contributed by atoms with van der Waals surface area (Å²) in [7, 11) is 1.26. The summed E-state index contributed by atoms with van der Waals surface area (Å²) in [4.78, 5) is 50.5. The molecule has 1 N–H and O–H groups in total. The SMILES string of the molecule is C=CCc1cc(/C=C2/C(=O)NC(=O)N(c3ccc(CC)cc3)C2=O)cc(Br)c1OCC(=O)OC. The maximum Gasteiger partial charge on any atom is 0.343 e. The molecular weight excluding hydrogens is 504 g/mol. The molecule has 8 nitrogen and oxygen atoms in total. The lowest BCUT2D eigenvalue weighted by Crippen LogP contribution is -2.54. The topological polar surface area (TPSA) is 102 Å². The molecule has 1 aliphatic rings. The highest BCUT2D eigenvalue weighted by molar-refractivity contribution is 9.10. The fourth-order valence-electron chi connectivity index (χ4n) is 3.36. The van der Waals surface area contributed by atoms with Gasteiger partial charge in [0.25, 0.3) is 11.8 Å². The van der Waals surface area contributed by atoms with Crippen molar-refractivity contribution in [3.63, 3.8) is 0 Å². The van der Waals surface area contributed by atoms with Crippen LogP contribution in [0.25, 0.3) is 6.08 Å². The Bertz CT molecular complexity index is 1190. The number of nitrogens with one attached hydrogen (secondary N) is 1. The zero-order chi connectivity index (χ0) is 24.8. The molecule has 4 amide bonds. The first-order valence-electron chi connectivity index (χ1n) is 10.4. The van der Waals surface area contributed by atoms with Gasteiger partial charge in [0, 0.05) is 0 Å². The van der Waals surface area contributed by atoms with Gasteiger partial charge in [0.2, 0.25) is 0 Å². The van der Waals surface area contributed by atoms with E-state index in [0.717, 1.165) is 16.9 Å². The van der Waals surface area contributed by atoms with Crippen molar-refractivity contribution in [1.82, 2.24) is 5.32 Å². The van der Waals surface area contributed by atoms with Crippen molar-refractivity contribution in [2.24, 2.45) is 0 Å². The number of nitrogens with zero attached hydrogens (tertiary/aromatic N) is 1. The van der Waals surface area contributed by atoms with Crippen LogP contribution >= 0.6 is 15.9 Å². The van der Waals surface area contributed by atoms with Crippen LogP contribution in [-0.2, 0) is 32.0 Å². The second-order valence-electron chi connectivity index (χ2n) is 7.33. The first kappa shape index (κ1) is 24.9. The van der Waals surface area contributed by atoms with Gasteiger partial charge >= 0.3 is 12.0 Å². The van der Waals surface area contributed by atoms with Gasteiger partial charge in [0.15, 0.2) is 6.61 Å². The Labute approximate surface area is 205 Å². The molecule has 0 saturated carbocycles. The van der Waals surface area contributed by atoms with Crippen LogP contribution in [0.4, 0.5) is 10.5 Å². The second-order valence-corrected chi connectivity index (χ2v) is 8.18. The van der Waals surface area contributed by atoms with Gasteiger partial charge in [-0.3, -0.25) is 14.9 Å². The van der Waals surface area contributed by atoms with Crippen molar-refractivity contribution >= 4 is 51.5 Å². The third-order valence-electron chi connectivity index (χ3n) is 5.08. The number of allylic oxidation sites excluding steroid dienone is 1. The number of halogens is 1. The zero-order valence-corrected chi connectivity index (χ0v) is 20.3. The molecule has 1 saturated heterocycles. The minimum Gasteiger partial charge on any atom is -0.480 e. The quantitative estimate of drug-likeness (QED) is 0.242. The molecular formula is C25H23BrN2O6. The number of barbiturate groups is 1. The normalized spacial score (nSPS) is 14.7. The average Bonchev–Trinajstić information content (AvgIpc) is 2.81. The summed E-state index contributed by atoms with van der Waals surface area (Å²) in [6.45, 7) is 5.45. The second kappa shape index (κ2) is 10.9. The van der Waals surface area contributed by atoms with Crippen LogP contribution in [0.5, 0.6) is 5.75 Å². The number of imide groups is 2. The maximum atomic E-state index is 13.2. The number of rotatable bonds is 8. The van der Waals surface area contributed by atoms with Gasteiger partial charge < -0.3 is 9.47 Å². The van der Waals surface area contributed by atoms with Gasteiger partial charge in [-0.25, -0.2) is 14.5 Å². The van der Waals surface area contributed by atoms with Gasteiger partial charge in [-0.1, -0.05) is 25.1 Å². The summed E-state index contributed by atoms with van der Waals surface area (Å²) >= 11 is 3.42. The molecule has 1 aliphatic heterocycles. The molecule has 1 fully saturated rings. The predicted molar refractivity (Wildman–Crippen MR) is 130 cm³/mol. The number of carbonyl (C=O) groups excluding carboxylic acids is 4. The molecule has 0 aromatic heterocycles. The van der Waals surface area contributed by atoms with Crippen LogP contribution in [0, 0.1) is 0 Å². The zero-order valence-electron chi connectivity index (χ0n) is 18.7. The number of hydrogen-bond acceptors (Lipinski definition) is 6. The Balaban J connectivity index is 1.98. The van der Waals surface area contributed by atoms with Gasteiger partial charge in [0.05, 0.1) is 17.3 Å². The van der Waals surface area contributed by atoms with Gasteiger partial charge in [-0.2, -0.15) is 0 Å². The Kier molecular flexibility index (Phi) is 8.01. The summed E-state index contributed by atoms with van der Waals surface area (Å²) in [6, 6.07) is 9.51. The van der Waals surface area contributed by atoms with E-state index in [9.17, 15) is 19.2 Å². The monoisotopic (exact) mass is 526 g/mol. The number of ether oxygens (including phenoxy) is 2. The number of carbonyl (C=O) groups is 4. The van der Waals surface area contributed by atoms with Gasteiger partial charge in [-0.15, -0.1) is 6.58 Å². The highest BCUT2D eigenvalue weighted by Gasteiger charge is 2.36. The Morgan fingerprint density at radius 1 is 1.18 bits per heavy atom. The standard InChI is InChI=1S/C25H23BrN2O6/c1-4-6-17-11-16(13-20(26)22(17)34-14-21(29)33-3)12-19-23(30)27-25(32)28(24(19)31)18-9-7-15(5-2)8-10-18/h4,7-13H,1,5-6,14H2,2-3H3,(H,27,30,32)/b19-12-. The molecule has 0 unspecified atom stereocenters. The molecule has 34 heavy (non-hydrogen) atoms. The van der Waals surface area contributed by atoms with E-state index in [1.165, 1.54) is 13.2 Å². The van der Waals surface area contributed by atoms with E-state index in [2.05, 4.69) is 32.6 Å². The van der Waals surface area contributed by atoms with E-state index in [1.54, 1.807) is 30.3 Å². The number of benzene rings is 2. The van der Waals surface area contributed by atoms with Crippen molar-refractivity contribution in [2.75, 3.05) is 18.6 Å². The number of anilines is 1. The number of hydrogen-bond donors (Lipinski definition) is 1. The summed E-state index contributed by atoms with van der Waals surface area (Å²) in [6.07, 6.45) is 4.27. The van der Waals surface area contributed by atoms with E-state index >= 15 is 0 Å². The Hall–Kier alpha value is -3.72. The van der Waals surface area contributed by atoms with Crippen molar-refractivity contribution in [2.45, 2.75) is 19.8 Å². The molecule has 2 aromatic rings. The minimum atomic E-state index is -0.809. The van der Waals surface area contributed by atoms with Crippen molar-refractivity contribution in [3.05, 3.63) is 75.8 Å². The lowest BCUT2D eigenvalue weighted by Gasteiger charge is -2.26. The summed E-state index contributed by atoms with van der Waals surface area (Å²) < 4.78 is 10.7. The number of amides is 4. The third kappa shape index (κ3) is 5.43. The molecule has 2 aromatic carbocycles. The molecule has 0 radical (unpaired) electrons. The lowest BCUT2D eigenvalue weighted by molar-refractivity contribution is -0.143. The van der Waals surface area contributed by atoms with E-state index < -0.39 is 23.8 Å². The highest BCUT2D eigenvalue weighted by atomic mass is 79.9. The van der Waals surface area contributed by atoms with Gasteiger partial charge in [-0.05, 0) is 75.8 Å². The lowest BCUT2D eigenvalue weighted by atomic mass is 10.0. The fraction of sp³-hybridized carbons (Fsp3) is 0.200. The molecule has 176 valence electrons. The Morgan fingerprint density at radius 2 is 1.88 bits per heavy atom. The van der Waals surface area contributed by atoms with Gasteiger partial charge in [0.1, 0.15) is 11.3 Å².